The lowest BCUT2D eigenvalue weighted by Crippen LogP contribution is -2.47. The van der Waals surface area contributed by atoms with E-state index in [1.807, 2.05) is 6.92 Å². The second kappa shape index (κ2) is 7.75. The number of nitrogens with zero attached hydrogens (tertiary/aromatic N) is 4. The van der Waals surface area contributed by atoms with Crippen LogP contribution in [0.15, 0.2) is 18.5 Å². The standard InChI is InChI=1S/C20H24N6O3/c1-11-7-15(18(21)28)22-8-14(11)16-9-23-19-20(24-16)26(10-17(27)25-19)12-3-5-13(29-2)6-4-12/h7-9,12-13H,3-6,10H2,1-2H3,(H2,21,28)(H,23,25,27)/t12-,13+. The smallest absolute Gasteiger partial charge is 0.267 e. The Balaban J connectivity index is 1.68. The van der Waals surface area contributed by atoms with Crippen molar-refractivity contribution >= 4 is 23.5 Å². The molecule has 9 nitrogen and oxygen atoms in total. The summed E-state index contributed by atoms with van der Waals surface area (Å²) in [5.41, 5.74) is 7.75. The highest BCUT2D eigenvalue weighted by molar-refractivity contribution is 5.99. The number of anilines is 2. The number of pyridine rings is 1. The van der Waals surface area contributed by atoms with Gasteiger partial charge in [0.2, 0.25) is 5.91 Å². The van der Waals surface area contributed by atoms with Gasteiger partial charge in [-0.1, -0.05) is 0 Å². The monoisotopic (exact) mass is 396 g/mol. The number of aryl methyl sites for hydroxylation is 1. The molecule has 0 saturated heterocycles. The molecule has 0 bridgehead atoms. The lowest BCUT2D eigenvalue weighted by atomic mass is 9.91. The lowest BCUT2D eigenvalue weighted by molar-refractivity contribution is -0.115. The molecular formula is C20H24N6O3. The molecule has 2 aromatic heterocycles. The minimum absolute atomic E-state index is 0.0860. The molecule has 0 atom stereocenters. The number of primary amides is 1. The molecule has 29 heavy (non-hydrogen) atoms. The van der Waals surface area contributed by atoms with Gasteiger partial charge in [0.25, 0.3) is 5.91 Å². The van der Waals surface area contributed by atoms with Crippen LogP contribution in [0.3, 0.4) is 0 Å². The van der Waals surface area contributed by atoms with Crippen molar-refractivity contribution in [3.8, 4) is 11.3 Å². The van der Waals surface area contributed by atoms with Crippen molar-refractivity contribution in [2.45, 2.75) is 44.8 Å². The largest absolute Gasteiger partial charge is 0.381 e. The van der Waals surface area contributed by atoms with Gasteiger partial charge >= 0.3 is 0 Å². The highest BCUT2D eigenvalue weighted by Gasteiger charge is 2.33. The predicted molar refractivity (Wildman–Crippen MR) is 108 cm³/mol. The molecular weight excluding hydrogens is 372 g/mol. The Morgan fingerprint density at radius 1 is 1.24 bits per heavy atom. The van der Waals surface area contributed by atoms with Crippen molar-refractivity contribution < 1.29 is 14.3 Å². The van der Waals surface area contributed by atoms with Gasteiger partial charge in [0.1, 0.15) is 5.69 Å². The average Bonchev–Trinajstić information content (AvgIpc) is 2.73. The molecule has 0 spiro atoms. The normalized spacial score (nSPS) is 21.4. The van der Waals surface area contributed by atoms with E-state index in [4.69, 9.17) is 15.5 Å². The number of hydrogen-bond acceptors (Lipinski definition) is 7. The lowest BCUT2D eigenvalue weighted by Gasteiger charge is -2.39. The molecule has 1 aliphatic heterocycles. The number of nitrogens with two attached hydrogens (primary N) is 1. The topological polar surface area (TPSA) is 123 Å². The zero-order valence-electron chi connectivity index (χ0n) is 16.5. The van der Waals surface area contributed by atoms with Gasteiger partial charge in [0.05, 0.1) is 24.5 Å². The summed E-state index contributed by atoms with van der Waals surface area (Å²) in [5.74, 6) is 0.480. The van der Waals surface area contributed by atoms with Gasteiger partial charge in [-0.2, -0.15) is 0 Å². The average molecular weight is 396 g/mol. The molecule has 2 aliphatic rings. The zero-order chi connectivity index (χ0) is 20.5. The first-order chi connectivity index (χ1) is 14.0. The van der Waals surface area contributed by atoms with E-state index in [9.17, 15) is 9.59 Å². The van der Waals surface area contributed by atoms with Gasteiger partial charge in [-0.25, -0.2) is 9.97 Å². The van der Waals surface area contributed by atoms with Gasteiger partial charge in [0.15, 0.2) is 11.6 Å². The Morgan fingerprint density at radius 3 is 2.66 bits per heavy atom. The van der Waals surface area contributed by atoms with Crippen molar-refractivity contribution in [2.75, 3.05) is 23.9 Å². The van der Waals surface area contributed by atoms with Crippen molar-refractivity contribution in [2.24, 2.45) is 5.73 Å². The van der Waals surface area contributed by atoms with E-state index in [-0.39, 0.29) is 30.3 Å². The van der Waals surface area contributed by atoms with Gasteiger partial charge in [-0.3, -0.25) is 14.6 Å². The first kappa shape index (κ1) is 19.3. The van der Waals surface area contributed by atoms with Crippen molar-refractivity contribution in [1.82, 2.24) is 15.0 Å². The van der Waals surface area contributed by atoms with E-state index in [0.29, 0.717) is 17.3 Å². The first-order valence-corrected chi connectivity index (χ1v) is 9.69. The highest BCUT2D eigenvalue weighted by atomic mass is 16.5. The molecule has 2 amide bonds. The van der Waals surface area contributed by atoms with Crippen molar-refractivity contribution in [3.63, 3.8) is 0 Å². The molecule has 152 valence electrons. The Labute approximate surface area is 168 Å². The van der Waals surface area contributed by atoms with Crippen LogP contribution in [0, 0.1) is 6.92 Å². The number of aromatic nitrogens is 3. The summed E-state index contributed by atoms with van der Waals surface area (Å²) < 4.78 is 5.47. The van der Waals surface area contributed by atoms with Crippen molar-refractivity contribution in [3.05, 3.63) is 29.7 Å². The number of amides is 2. The van der Waals surface area contributed by atoms with Crippen LogP contribution in [-0.4, -0.2) is 52.6 Å². The van der Waals surface area contributed by atoms with Gasteiger partial charge < -0.3 is 20.7 Å². The number of ether oxygens (including phenoxy) is 1. The molecule has 9 heteroatoms. The minimum atomic E-state index is -0.572. The Bertz CT molecular complexity index is 955. The summed E-state index contributed by atoms with van der Waals surface area (Å²) in [6.07, 6.45) is 7.26. The summed E-state index contributed by atoms with van der Waals surface area (Å²) in [5, 5.41) is 2.81. The van der Waals surface area contributed by atoms with Crippen LogP contribution >= 0.6 is 0 Å². The minimum Gasteiger partial charge on any atom is -0.381 e. The first-order valence-electron chi connectivity index (χ1n) is 9.69. The van der Waals surface area contributed by atoms with Crippen LogP contribution in [0.5, 0.6) is 0 Å². The maximum absolute atomic E-state index is 12.2. The van der Waals surface area contributed by atoms with Crippen LogP contribution in [0.2, 0.25) is 0 Å². The van der Waals surface area contributed by atoms with Crippen LogP contribution in [0.25, 0.3) is 11.3 Å². The second-order valence-corrected chi connectivity index (χ2v) is 7.52. The van der Waals surface area contributed by atoms with Crippen molar-refractivity contribution in [1.29, 1.82) is 0 Å². The summed E-state index contributed by atoms with van der Waals surface area (Å²) in [6.45, 7) is 2.13. The van der Waals surface area contributed by atoms with E-state index in [1.54, 1.807) is 25.6 Å². The summed E-state index contributed by atoms with van der Waals surface area (Å²) >= 11 is 0. The molecule has 0 unspecified atom stereocenters. The summed E-state index contributed by atoms with van der Waals surface area (Å²) in [7, 11) is 1.74. The van der Waals surface area contributed by atoms with Gasteiger partial charge in [-0.15, -0.1) is 0 Å². The quantitative estimate of drug-likeness (QED) is 0.805. The number of carbonyl (C=O) groups excluding carboxylic acids is 2. The molecule has 1 aliphatic carbocycles. The highest BCUT2D eigenvalue weighted by Crippen LogP contribution is 2.34. The van der Waals surface area contributed by atoms with Crippen LogP contribution in [0.4, 0.5) is 11.6 Å². The Kier molecular flexibility index (Phi) is 5.14. The number of rotatable bonds is 4. The van der Waals surface area contributed by atoms with E-state index < -0.39 is 5.91 Å². The van der Waals surface area contributed by atoms with E-state index in [2.05, 4.69) is 20.2 Å². The second-order valence-electron chi connectivity index (χ2n) is 7.52. The fourth-order valence-corrected chi connectivity index (χ4v) is 4.05. The Hall–Kier alpha value is -3.07. The zero-order valence-corrected chi connectivity index (χ0v) is 16.5. The summed E-state index contributed by atoms with van der Waals surface area (Å²) in [6, 6.07) is 1.86. The third kappa shape index (κ3) is 3.77. The SMILES string of the molecule is CO[C@H]1CC[C@@H](N2CC(=O)Nc3ncc(-c4cnc(C(N)=O)cc4C)nc32)CC1. The molecule has 1 fully saturated rings. The number of nitrogens with one attached hydrogen (secondary N) is 1. The van der Waals surface area contributed by atoms with Crippen LogP contribution in [-0.2, 0) is 9.53 Å². The Morgan fingerprint density at radius 2 is 2.00 bits per heavy atom. The van der Waals surface area contributed by atoms with Crippen LogP contribution in [0.1, 0.15) is 41.7 Å². The third-order valence-corrected chi connectivity index (χ3v) is 5.65. The molecule has 4 rings (SSSR count). The third-order valence-electron chi connectivity index (χ3n) is 5.65. The number of methoxy groups -OCH3 is 1. The molecule has 3 N–H and O–H groups in total. The maximum atomic E-state index is 12.2. The van der Waals surface area contributed by atoms with E-state index in [1.165, 1.54) is 0 Å². The summed E-state index contributed by atoms with van der Waals surface area (Å²) in [4.78, 5) is 39.0. The van der Waals surface area contributed by atoms with E-state index in [0.717, 1.165) is 36.8 Å². The predicted octanol–water partition coefficient (Wildman–Crippen LogP) is 1.66. The maximum Gasteiger partial charge on any atom is 0.267 e. The fraction of sp³-hybridized carbons (Fsp3) is 0.450. The molecule has 3 heterocycles. The fourth-order valence-electron chi connectivity index (χ4n) is 4.05. The van der Waals surface area contributed by atoms with Gasteiger partial charge in [-0.05, 0) is 44.2 Å². The molecule has 0 radical (unpaired) electrons. The van der Waals surface area contributed by atoms with Crippen LogP contribution < -0.4 is 16.0 Å². The molecule has 2 aromatic rings. The van der Waals surface area contributed by atoms with Gasteiger partial charge in [0, 0.05) is 24.9 Å². The number of hydrogen-bond donors (Lipinski definition) is 2. The molecule has 0 aromatic carbocycles. The molecule has 1 saturated carbocycles. The van der Waals surface area contributed by atoms with E-state index >= 15 is 0 Å². The number of fused-ring (bicyclic) bond motifs is 1. The number of carbonyl (C=O) groups is 2.